The van der Waals surface area contributed by atoms with Crippen molar-refractivity contribution in [1.82, 2.24) is 15.3 Å². The normalized spacial score (nSPS) is 12.6. The predicted molar refractivity (Wildman–Crippen MR) is 72.4 cm³/mol. The summed E-state index contributed by atoms with van der Waals surface area (Å²) in [7, 11) is 0. The van der Waals surface area contributed by atoms with E-state index in [1.165, 1.54) is 4.88 Å². The molecule has 2 heterocycles. The molecular formula is C12H14ClN3S. The van der Waals surface area contributed by atoms with E-state index in [9.17, 15) is 0 Å². The quantitative estimate of drug-likeness (QED) is 0.921. The topological polar surface area (TPSA) is 37.8 Å². The summed E-state index contributed by atoms with van der Waals surface area (Å²) in [4.78, 5) is 9.88. The van der Waals surface area contributed by atoms with Crippen molar-refractivity contribution in [2.45, 2.75) is 19.9 Å². The van der Waals surface area contributed by atoms with Crippen molar-refractivity contribution in [3.8, 4) is 10.7 Å². The largest absolute Gasteiger partial charge is 0.310 e. The Bertz CT molecular complexity index is 481. The highest BCUT2D eigenvalue weighted by Gasteiger charge is 2.10. The summed E-state index contributed by atoms with van der Waals surface area (Å²) in [6, 6.07) is 4.06. The monoisotopic (exact) mass is 267 g/mol. The van der Waals surface area contributed by atoms with Crippen LogP contribution in [0, 0.1) is 0 Å². The highest BCUT2D eigenvalue weighted by molar-refractivity contribution is 7.15. The van der Waals surface area contributed by atoms with Gasteiger partial charge in [-0.05, 0) is 25.6 Å². The molecule has 0 amide bonds. The summed E-state index contributed by atoms with van der Waals surface area (Å²) < 4.78 is 0. The molecule has 2 aromatic rings. The lowest BCUT2D eigenvalue weighted by molar-refractivity contribution is 0.606. The fraction of sp³-hybridized carbons (Fsp3) is 0.333. The van der Waals surface area contributed by atoms with Gasteiger partial charge in [0.1, 0.15) is 5.01 Å². The molecular weight excluding hydrogens is 254 g/mol. The van der Waals surface area contributed by atoms with E-state index in [0.29, 0.717) is 11.1 Å². The van der Waals surface area contributed by atoms with Crippen LogP contribution in [-0.4, -0.2) is 16.5 Å². The lowest BCUT2D eigenvalue weighted by Gasteiger charge is -2.07. The maximum absolute atomic E-state index is 5.81. The number of nitrogens with zero attached hydrogens (tertiary/aromatic N) is 2. The first-order chi connectivity index (χ1) is 8.20. The van der Waals surface area contributed by atoms with Gasteiger partial charge in [-0.3, -0.25) is 4.98 Å². The molecule has 5 heteroatoms. The van der Waals surface area contributed by atoms with Crippen LogP contribution in [0.3, 0.4) is 0 Å². The molecule has 1 atom stereocenters. The van der Waals surface area contributed by atoms with Crippen molar-refractivity contribution < 1.29 is 0 Å². The third-order valence-electron chi connectivity index (χ3n) is 2.41. The molecule has 0 aromatic carbocycles. The molecule has 0 aliphatic heterocycles. The molecule has 3 nitrogen and oxygen atoms in total. The van der Waals surface area contributed by atoms with Crippen molar-refractivity contribution in [3.05, 3.63) is 34.4 Å². The number of aromatic nitrogens is 2. The van der Waals surface area contributed by atoms with Gasteiger partial charge in [0.2, 0.25) is 0 Å². The van der Waals surface area contributed by atoms with E-state index in [1.807, 2.05) is 18.3 Å². The van der Waals surface area contributed by atoms with Crippen LogP contribution in [0.25, 0.3) is 10.7 Å². The number of thiazole rings is 1. The molecule has 0 saturated heterocycles. The molecule has 1 unspecified atom stereocenters. The molecule has 0 aliphatic carbocycles. The fourth-order valence-electron chi connectivity index (χ4n) is 1.51. The molecule has 90 valence electrons. The van der Waals surface area contributed by atoms with Gasteiger partial charge in [0, 0.05) is 23.3 Å². The fourth-order valence-corrected chi connectivity index (χ4v) is 2.55. The van der Waals surface area contributed by atoms with Gasteiger partial charge in [-0.25, -0.2) is 4.98 Å². The predicted octanol–water partition coefficient (Wildman–Crippen LogP) is 3.53. The zero-order chi connectivity index (χ0) is 12.3. The van der Waals surface area contributed by atoms with Gasteiger partial charge >= 0.3 is 0 Å². The van der Waals surface area contributed by atoms with Crippen LogP contribution in [0.15, 0.2) is 24.5 Å². The first-order valence-electron chi connectivity index (χ1n) is 5.51. The van der Waals surface area contributed by atoms with E-state index in [1.54, 1.807) is 17.5 Å². The maximum Gasteiger partial charge on any atom is 0.142 e. The smallest absolute Gasteiger partial charge is 0.142 e. The molecule has 0 radical (unpaired) electrons. The minimum Gasteiger partial charge on any atom is -0.310 e. The summed E-state index contributed by atoms with van der Waals surface area (Å²) in [5, 5.41) is 4.94. The van der Waals surface area contributed by atoms with Crippen LogP contribution in [0.1, 0.15) is 24.8 Å². The van der Waals surface area contributed by atoms with Crippen LogP contribution in [-0.2, 0) is 0 Å². The van der Waals surface area contributed by atoms with E-state index < -0.39 is 0 Å². The number of hydrogen-bond acceptors (Lipinski definition) is 4. The summed E-state index contributed by atoms with van der Waals surface area (Å²) in [6.07, 6.45) is 3.55. The van der Waals surface area contributed by atoms with Gasteiger partial charge in [0.15, 0.2) is 0 Å². The van der Waals surface area contributed by atoms with E-state index in [0.717, 1.165) is 17.2 Å². The van der Waals surface area contributed by atoms with Gasteiger partial charge in [-0.1, -0.05) is 18.5 Å². The second-order valence-corrected chi connectivity index (χ2v) is 5.21. The third-order valence-corrected chi connectivity index (χ3v) is 3.83. The molecule has 0 aliphatic rings. The third kappa shape index (κ3) is 3.03. The van der Waals surface area contributed by atoms with Crippen molar-refractivity contribution in [1.29, 1.82) is 0 Å². The molecule has 0 saturated carbocycles. The van der Waals surface area contributed by atoms with Crippen molar-refractivity contribution in [2.24, 2.45) is 0 Å². The van der Waals surface area contributed by atoms with Crippen LogP contribution in [0.2, 0.25) is 5.02 Å². The number of halogens is 1. The van der Waals surface area contributed by atoms with E-state index in [4.69, 9.17) is 11.6 Å². The van der Waals surface area contributed by atoms with Crippen LogP contribution < -0.4 is 5.32 Å². The molecule has 1 N–H and O–H groups in total. The highest BCUT2D eigenvalue weighted by Crippen LogP contribution is 2.27. The molecule has 0 fully saturated rings. The Kier molecular flexibility index (Phi) is 4.10. The Morgan fingerprint density at radius 2 is 2.18 bits per heavy atom. The minimum absolute atomic E-state index is 0.332. The van der Waals surface area contributed by atoms with Gasteiger partial charge in [0.25, 0.3) is 0 Å². The van der Waals surface area contributed by atoms with Gasteiger partial charge in [-0.2, -0.15) is 0 Å². The van der Waals surface area contributed by atoms with Crippen molar-refractivity contribution in [2.75, 3.05) is 6.54 Å². The first kappa shape index (κ1) is 12.5. The second kappa shape index (κ2) is 5.58. The van der Waals surface area contributed by atoms with Crippen LogP contribution in [0.5, 0.6) is 0 Å². The number of nitrogens with one attached hydrogen (secondary N) is 1. The molecule has 0 spiro atoms. The Morgan fingerprint density at radius 1 is 1.35 bits per heavy atom. The molecule has 2 aromatic heterocycles. The Hall–Kier alpha value is -0.970. The Labute approximate surface area is 110 Å². The average Bonchev–Trinajstić information content (AvgIpc) is 2.80. The maximum atomic E-state index is 5.81. The molecule has 2 rings (SSSR count). The number of rotatable bonds is 4. The summed E-state index contributed by atoms with van der Waals surface area (Å²) in [6.45, 7) is 5.18. The van der Waals surface area contributed by atoms with Gasteiger partial charge in [-0.15, -0.1) is 11.3 Å². The van der Waals surface area contributed by atoms with E-state index in [-0.39, 0.29) is 0 Å². The number of pyridine rings is 1. The Morgan fingerprint density at radius 3 is 2.82 bits per heavy atom. The van der Waals surface area contributed by atoms with Crippen molar-refractivity contribution in [3.63, 3.8) is 0 Å². The van der Waals surface area contributed by atoms with Gasteiger partial charge in [0.05, 0.1) is 10.7 Å². The van der Waals surface area contributed by atoms with E-state index >= 15 is 0 Å². The standard InChI is InChI=1S/C12H14ClN3S/c1-3-14-8(2)11-7-16-12(17-11)10-5-4-9(13)6-15-10/h4-8,14H,3H2,1-2H3. The lowest BCUT2D eigenvalue weighted by atomic mass is 10.3. The van der Waals surface area contributed by atoms with Crippen molar-refractivity contribution >= 4 is 22.9 Å². The Balaban J connectivity index is 2.20. The number of hydrogen-bond donors (Lipinski definition) is 1. The zero-order valence-corrected chi connectivity index (χ0v) is 11.3. The lowest BCUT2D eigenvalue weighted by Crippen LogP contribution is -2.16. The van der Waals surface area contributed by atoms with Gasteiger partial charge < -0.3 is 5.32 Å². The second-order valence-electron chi connectivity index (χ2n) is 3.71. The first-order valence-corrected chi connectivity index (χ1v) is 6.71. The summed E-state index contributed by atoms with van der Waals surface area (Å²) in [5.41, 5.74) is 0.870. The van der Waals surface area contributed by atoms with Crippen LogP contribution >= 0.6 is 22.9 Å². The van der Waals surface area contributed by atoms with E-state index in [2.05, 4.69) is 29.1 Å². The zero-order valence-electron chi connectivity index (χ0n) is 9.77. The average molecular weight is 268 g/mol. The molecule has 0 bridgehead atoms. The SMILES string of the molecule is CCNC(C)c1cnc(-c2ccc(Cl)cn2)s1. The highest BCUT2D eigenvalue weighted by atomic mass is 35.5. The summed E-state index contributed by atoms with van der Waals surface area (Å²) >= 11 is 7.47. The van der Waals surface area contributed by atoms with Crippen LogP contribution in [0.4, 0.5) is 0 Å². The summed E-state index contributed by atoms with van der Waals surface area (Å²) in [5.74, 6) is 0. The molecule has 17 heavy (non-hydrogen) atoms. The minimum atomic E-state index is 0.332.